The summed E-state index contributed by atoms with van der Waals surface area (Å²) in [4.78, 5) is 11.2. The topological polar surface area (TPSA) is 64.1 Å². The number of aromatic nitrogens is 2. The normalized spacial score (nSPS) is 11.5. The molecule has 0 aliphatic heterocycles. The lowest BCUT2D eigenvalue weighted by Crippen LogP contribution is -2.13. The van der Waals surface area contributed by atoms with Crippen molar-refractivity contribution in [1.82, 2.24) is 10.2 Å². The molecule has 0 aliphatic rings. The van der Waals surface area contributed by atoms with Gasteiger partial charge in [-0.1, -0.05) is 11.3 Å². The van der Waals surface area contributed by atoms with Gasteiger partial charge in [-0.3, -0.25) is 4.79 Å². The minimum atomic E-state index is -4.54. The fourth-order valence-electron chi connectivity index (χ4n) is 0.879. The monoisotopic (exact) mass is 269 g/mol. The van der Waals surface area contributed by atoms with Gasteiger partial charge in [-0.15, -0.1) is 10.2 Å². The first-order chi connectivity index (χ1) is 7.93. The molecule has 0 saturated carbocycles. The smallest absolute Gasteiger partial charge is 0.381 e. The van der Waals surface area contributed by atoms with Gasteiger partial charge in [0.05, 0.1) is 13.0 Å². The molecule has 1 heterocycles. The van der Waals surface area contributed by atoms with Gasteiger partial charge in [-0.25, -0.2) is 0 Å². The third-order valence-corrected chi connectivity index (χ3v) is 2.47. The summed E-state index contributed by atoms with van der Waals surface area (Å²) in [6.45, 7) is 2.47. The second-order valence-electron chi connectivity index (χ2n) is 2.91. The Morgan fingerprint density at radius 1 is 1.47 bits per heavy atom. The number of halogens is 3. The van der Waals surface area contributed by atoms with Crippen LogP contribution in [0.1, 0.15) is 18.4 Å². The highest BCUT2D eigenvalue weighted by molar-refractivity contribution is 7.15. The zero-order valence-electron chi connectivity index (χ0n) is 8.87. The summed E-state index contributed by atoms with van der Waals surface area (Å²) in [5, 5.41) is 7.13. The Kier molecular flexibility index (Phi) is 4.82. The Labute approximate surface area is 99.0 Å². The fourth-order valence-corrected chi connectivity index (χ4v) is 1.51. The Bertz CT molecular complexity index is 380. The molecule has 0 bridgehead atoms. The Balaban J connectivity index is 2.46. The third-order valence-electron chi connectivity index (χ3n) is 1.59. The molecule has 0 aromatic carbocycles. The van der Waals surface area contributed by atoms with E-state index in [0.29, 0.717) is 6.61 Å². The molecule has 0 aliphatic carbocycles. The summed E-state index contributed by atoms with van der Waals surface area (Å²) in [6.07, 6.45) is -4.47. The van der Waals surface area contributed by atoms with Crippen molar-refractivity contribution in [1.29, 1.82) is 0 Å². The van der Waals surface area contributed by atoms with E-state index in [1.54, 1.807) is 6.92 Å². The molecule has 1 rings (SSSR count). The molecule has 1 N–H and O–H groups in total. The van der Waals surface area contributed by atoms with Crippen molar-refractivity contribution in [2.75, 3.05) is 18.5 Å². The number of hydrogen-bond acceptors (Lipinski definition) is 5. The number of rotatable bonds is 5. The molecule has 0 atom stereocenters. The van der Waals surface area contributed by atoms with Crippen LogP contribution in [0.25, 0.3) is 0 Å². The van der Waals surface area contributed by atoms with E-state index in [2.05, 4.69) is 15.5 Å². The van der Waals surface area contributed by atoms with Crippen LogP contribution in [0.3, 0.4) is 0 Å². The van der Waals surface area contributed by atoms with Gasteiger partial charge >= 0.3 is 6.18 Å². The summed E-state index contributed by atoms with van der Waals surface area (Å²) >= 11 is 0.287. The second kappa shape index (κ2) is 5.92. The lowest BCUT2D eigenvalue weighted by Gasteiger charge is -2.01. The summed E-state index contributed by atoms with van der Waals surface area (Å²) in [5.74, 6) is -0.455. The molecule has 0 unspecified atom stereocenters. The van der Waals surface area contributed by atoms with Gasteiger partial charge in [-0.2, -0.15) is 13.2 Å². The van der Waals surface area contributed by atoms with Gasteiger partial charge in [0.2, 0.25) is 16.0 Å². The third kappa shape index (κ3) is 4.65. The highest BCUT2D eigenvalue weighted by Gasteiger charge is 2.35. The number of amides is 1. The van der Waals surface area contributed by atoms with Gasteiger partial charge in [-0.05, 0) is 6.92 Å². The number of anilines is 1. The summed E-state index contributed by atoms with van der Waals surface area (Å²) in [5.41, 5.74) is 0. The first-order valence-corrected chi connectivity index (χ1v) is 5.53. The van der Waals surface area contributed by atoms with E-state index in [1.165, 1.54) is 0 Å². The van der Waals surface area contributed by atoms with E-state index in [9.17, 15) is 18.0 Å². The number of nitrogens with zero attached hydrogens (tertiary/aromatic N) is 2. The minimum absolute atomic E-state index is 0.0643. The predicted molar refractivity (Wildman–Crippen MR) is 54.7 cm³/mol. The molecule has 96 valence electrons. The highest BCUT2D eigenvalue weighted by atomic mass is 32.1. The first-order valence-electron chi connectivity index (χ1n) is 4.71. The van der Waals surface area contributed by atoms with Crippen LogP contribution in [-0.2, 0) is 15.7 Å². The van der Waals surface area contributed by atoms with E-state index in [1.807, 2.05) is 0 Å². The molecule has 5 nitrogen and oxygen atoms in total. The second-order valence-corrected chi connectivity index (χ2v) is 3.88. The summed E-state index contributed by atoms with van der Waals surface area (Å²) in [7, 11) is 0. The fraction of sp³-hybridized carbons (Fsp3) is 0.625. The van der Waals surface area contributed by atoms with Crippen LogP contribution in [0.4, 0.5) is 18.3 Å². The van der Waals surface area contributed by atoms with Crippen molar-refractivity contribution < 1.29 is 22.7 Å². The maximum Gasteiger partial charge on any atom is 0.445 e. The maximum atomic E-state index is 12.2. The van der Waals surface area contributed by atoms with Gasteiger partial charge in [0.25, 0.3) is 0 Å². The van der Waals surface area contributed by atoms with Crippen molar-refractivity contribution in [3.8, 4) is 0 Å². The molecule has 0 saturated heterocycles. The standard InChI is InChI=1S/C8H10F3N3O2S/c1-2-16-4-3-5(15)12-7-14-13-6(17-7)8(9,10)11/h2-4H2,1H3,(H,12,14,15). The number of carbonyl (C=O) groups excluding carboxylic acids is 1. The van der Waals surface area contributed by atoms with Crippen LogP contribution in [0.5, 0.6) is 0 Å². The molecule has 0 radical (unpaired) electrons. The molecular formula is C8H10F3N3O2S. The molecule has 0 spiro atoms. The Morgan fingerprint density at radius 3 is 2.71 bits per heavy atom. The predicted octanol–water partition coefficient (Wildman–Crippen LogP) is 1.92. The SMILES string of the molecule is CCOCCC(=O)Nc1nnc(C(F)(F)F)s1. The Morgan fingerprint density at radius 2 is 2.18 bits per heavy atom. The van der Waals surface area contributed by atoms with Gasteiger partial charge in [0.1, 0.15) is 0 Å². The number of alkyl halides is 3. The zero-order valence-corrected chi connectivity index (χ0v) is 9.69. The van der Waals surface area contributed by atoms with Crippen molar-refractivity contribution in [2.45, 2.75) is 19.5 Å². The average Bonchev–Trinajstić information content (AvgIpc) is 2.66. The van der Waals surface area contributed by atoms with E-state index in [-0.39, 0.29) is 29.5 Å². The van der Waals surface area contributed by atoms with Crippen LogP contribution >= 0.6 is 11.3 Å². The van der Waals surface area contributed by atoms with Crippen LogP contribution in [-0.4, -0.2) is 29.3 Å². The number of nitrogens with one attached hydrogen (secondary N) is 1. The van der Waals surface area contributed by atoms with Crippen LogP contribution in [0, 0.1) is 0 Å². The van der Waals surface area contributed by atoms with Crippen LogP contribution in [0.2, 0.25) is 0 Å². The van der Waals surface area contributed by atoms with E-state index in [4.69, 9.17) is 4.74 Å². The van der Waals surface area contributed by atoms with Crippen molar-refractivity contribution in [3.63, 3.8) is 0 Å². The molecule has 0 fully saturated rings. The van der Waals surface area contributed by atoms with E-state index < -0.39 is 17.1 Å². The van der Waals surface area contributed by atoms with Gasteiger partial charge in [0.15, 0.2) is 0 Å². The quantitative estimate of drug-likeness (QED) is 0.829. The zero-order chi connectivity index (χ0) is 12.9. The Hall–Kier alpha value is -1.22. The van der Waals surface area contributed by atoms with Crippen LogP contribution < -0.4 is 5.32 Å². The average molecular weight is 269 g/mol. The lowest BCUT2D eigenvalue weighted by atomic mass is 10.4. The first kappa shape index (κ1) is 13.8. The van der Waals surface area contributed by atoms with Crippen molar-refractivity contribution in [3.05, 3.63) is 5.01 Å². The van der Waals surface area contributed by atoms with Crippen molar-refractivity contribution >= 4 is 22.4 Å². The lowest BCUT2D eigenvalue weighted by molar-refractivity contribution is -0.138. The summed E-state index contributed by atoms with van der Waals surface area (Å²) < 4.78 is 41.4. The number of ether oxygens (including phenoxy) is 1. The van der Waals surface area contributed by atoms with Gasteiger partial charge in [0, 0.05) is 6.61 Å². The molecule has 1 aromatic heterocycles. The molecule has 1 amide bonds. The molecule has 17 heavy (non-hydrogen) atoms. The maximum absolute atomic E-state index is 12.2. The molecule has 1 aromatic rings. The largest absolute Gasteiger partial charge is 0.445 e. The van der Waals surface area contributed by atoms with Gasteiger partial charge < -0.3 is 10.1 Å². The summed E-state index contributed by atoms with van der Waals surface area (Å²) in [6, 6.07) is 0. The highest BCUT2D eigenvalue weighted by Crippen LogP contribution is 2.32. The number of hydrogen-bond donors (Lipinski definition) is 1. The molecule has 9 heteroatoms. The molecular weight excluding hydrogens is 259 g/mol. The van der Waals surface area contributed by atoms with E-state index in [0.717, 1.165) is 0 Å². The van der Waals surface area contributed by atoms with Crippen LogP contribution in [0.15, 0.2) is 0 Å². The minimum Gasteiger partial charge on any atom is -0.381 e. The number of carbonyl (C=O) groups is 1. The van der Waals surface area contributed by atoms with Crippen molar-refractivity contribution in [2.24, 2.45) is 0 Å². The van der Waals surface area contributed by atoms with E-state index >= 15 is 0 Å².